The maximum atomic E-state index is 12.7. The van der Waals surface area contributed by atoms with Gasteiger partial charge in [0.15, 0.2) is 6.10 Å². The number of hydrogen-bond acceptors (Lipinski definition) is 6. The van der Waals surface area contributed by atoms with Gasteiger partial charge in [0.25, 0.3) is 0 Å². The van der Waals surface area contributed by atoms with Crippen LogP contribution in [0.15, 0.2) is 81.8 Å². The topological polar surface area (TPSA) is 71.1 Å². The first-order valence-electron chi connectivity index (χ1n) is 11.5. The summed E-state index contributed by atoms with van der Waals surface area (Å²) in [6, 6.07) is 13.7. The van der Waals surface area contributed by atoms with E-state index in [-0.39, 0.29) is 24.9 Å². The summed E-state index contributed by atoms with van der Waals surface area (Å²) >= 11 is 6.71. The zero-order valence-corrected chi connectivity index (χ0v) is 22.2. The highest BCUT2D eigenvalue weighted by molar-refractivity contribution is 9.10. The van der Waals surface area contributed by atoms with Crippen LogP contribution in [-0.4, -0.2) is 49.6 Å². The number of carbonyl (C=O) groups excluding carboxylic acids is 2. The molecule has 0 unspecified atom stereocenters. The van der Waals surface area contributed by atoms with Crippen LogP contribution in [-0.2, 0) is 18.9 Å². The van der Waals surface area contributed by atoms with Gasteiger partial charge < -0.3 is 18.9 Å². The molecule has 2 aromatic rings. The number of esters is 2. The van der Waals surface area contributed by atoms with Crippen LogP contribution in [0.3, 0.4) is 0 Å². The fourth-order valence-electron chi connectivity index (χ4n) is 3.87. The number of ether oxygens (including phenoxy) is 4. The molecule has 2 heterocycles. The molecule has 1 saturated heterocycles. The van der Waals surface area contributed by atoms with Crippen molar-refractivity contribution < 1.29 is 28.5 Å². The lowest BCUT2D eigenvalue weighted by Gasteiger charge is -2.31. The minimum absolute atomic E-state index is 0.0207. The minimum atomic E-state index is -0.788. The number of carbonyl (C=O) groups is 2. The molecule has 4 rings (SSSR count). The van der Waals surface area contributed by atoms with E-state index in [1.807, 2.05) is 12.2 Å². The maximum Gasteiger partial charge on any atom is 0.338 e. The Morgan fingerprint density at radius 1 is 0.971 bits per heavy atom. The molecule has 35 heavy (non-hydrogen) atoms. The molecule has 0 spiro atoms. The summed E-state index contributed by atoms with van der Waals surface area (Å²) in [5.74, 6) is -1.01. The van der Waals surface area contributed by atoms with Gasteiger partial charge in [-0.3, -0.25) is 0 Å². The smallest absolute Gasteiger partial charge is 0.338 e. The van der Waals surface area contributed by atoms with E-state index in [0.717, 1.165) is 34.8 Å². The number of benzene rings is 2. The van der Waals surface area contributed by atoms with Crippen LogP contribution in [0.25, 0.3) is 0 Å². The second kappa shape index (κ2) is 12.6. The van der Waals surface area contributed by atoms with Crippen molar-refractivity contribution in [1.82, 2.24) is 0 Å². The predicted molar refractivity (Wildman–Crippen MR) is 138 cm³/mol. The lowest BCUT2D eigenvalue weighted by Crippen LogP contribution is -2.36. The van der Waals surface area contributed by atoms with Crippen molar-refractivity contribution in [1.29, 1.82) is 0 Å². The molecule has 2 aliphatic heterocycles. The van der Waals surface area contributed by atoms with Crippen molar-refractivity contribution in [2.45, 2.75) is 43.7 Å². The second-order valence-electron chi connectivity index (χ2n) is 8.30. The lowest BCUT2D eigenvalue weighted by atomic mass is 10.0. The predicted octanol–water partition coefficient (Wildman–Crippen LogP) is 6.04. The number of halogens is 2. The van der Waals surface area contributed by atoms with E-state index in [1.54, 1.807) is 54.6 Å². The highest BCUT2D eigenvalue weighted by Crippen LogP contribution is 2.25. The van der Waals surface area contributed by atoms with Crippen molar-refractivity contribution >= 4 is 43.8 Å². The van der Waals surface area contributed by atoms with Crippen molar-refractivity contribution in [3.63, 3.8) is 0 Å². The van der Waals surface area contributed by atoms with Gasteiger partial charge in [0.1, 0.15) is 6.61 Å². The SMILES string of the molecule is O=C(OC[C@H](/C=C/[C@@H]1C=CC[C@H]2OCCC[C@@H]2O1)OC(=O)c1ccc(Br)cc1)c1ccc(Br)cc1. The molecule has 1 fully saturated rings. The summed E-state index contributed by atoms with van der Waals surface area (Å²) in [5, 5.41) is 0. The number of rotatable bonds is 7. The van der Waals surface area contributed by atoms with Crippen LogP contribution in [0.4, 0.5) is 0 Å². The Balaban J connectivity index is 1.44. The van der Waals surface area contributed by atoms with E-state index in [9.17, 15) is 9.59 Å². The van der Waals surface area contributed by atoms with Crippen LogP contribution in [0.5, 0.6) is 0 Å². The van der Waals surface area contributed by atoms with Gasteiger partial charge in [0.2, 0.25) is 0 Å². The average Bonchev–Trinajstić information content (AvgIpc) is 3.08. The molecule has 184 valence electrons. The molecule has 0 aliphatic carbocycles. The highest BCUT2D eigenvalue weighted by Gasteiger charge is 2.29. The van der Waals surface area contributed by atoms with E-state index < -0.39 is 18.0 Å². The first kappa shape index (κ1) is 25.8. The summed E-state index contributed by atoms with van der Waals surface area (Å²) in [6.45, 7) is 0.635. The third-order valence-corrected chi connectivity index (χ3v) is 6.78. The zero-order chi connectivity index (χ0) is 24.6. The molecule has 2 aromatic carbocycles. The van der Waals surface area contributed by atoms with Crippen LogP contribution < -0.4 is 0 Å². The minimum Gasteiger partial charge on any atom is -0.458 e. The van der Waals surface area contributed by atoms with E-state index in [4.69, 9.17) is 18.9 Å². The Morgan fingerprint density at radius 3 is 2.31 bits per heavy atom. The Kier molecular flexibility index (Phi) is 9.31. The van der Waals surface area contributed by atoms with Crippen LogP contribution >= 0.6 is 31.9 Å². The Bertz CT molecular complexity index is 1060. The van der Waals surface area contributed by atoms with Gasteiger partial charge in [-0.1, -0.05) is 50.1 Å². The maximum absolute atomic E-state index is 12.7. The molecular weight excluding hydrogens is 580 g/mol. The van der Waals surface area contributed by atoms with E-state index in [0.29, 0.717) is 11.1 Å². The van der Waals surface area contributed by atoms with E-state index in [2.05, 4.69) is 37.9 Å². The quantitative estimate of drug-likeness (QED) is 0.283. The third-order valence-electron chi connectivity index (χ3n) is 5.72. The molecule has 0 bridgehead atoms. The molecule has 0 saturated carbocycles. The lowest BCUT2D eigenvalue weighted by molar-refractivity contribution is -0.106. The van der Waals surface area contributed by atoms with Gasteiger partial charge in [-0.2, -0.15) is 0 Å². The van der Waals surface area contributed by atoms with Gasteiger partial charge in [-0.15, -0.1) is 0 Å². The second-order valence-corrected chi connectivity index (χ2v) is 10.1. The highest BCUT2D eigenvalue weighted by atomic mass is 79.9. The van der Waals surface area contributed by atoms with Crippen LogP contribution in [0, 0.1) is 0 Å². The summed E-state index contributed by atoms with van der Waals surface area (Å²) < 4.78 is 24.9. The van der Waals surface area contributed by atoms with E-state index >= 15 is 0 Å². The molecular formula is C27H26Br2O6. The standard InChI is InChI=1S/C27H26Br2O6/c28-20-10-6-18(7-11-20)26(30)33-17-23(35-27(31)19-8-12-21(29)13-9-19)15-14-22-3-1-4-24-25(34-22)5-2-16-32-24/h1,3,6-15,22-25H,2,4-5,16-17H2/b15-14+/t22-,23-,24+,25-/m0/s1. The molecule has 8 heteroatoms. The number of fused-ring (bicyclic) bond motifs is 1. The normalized spacial score (nSPS) is 22.7. The van der Waals surface area contributed by atoms with Crippen molar-refractivity contribution in [2.24, 2.45) is 0 Å². The zero-order valence-electron chi connectivity index (χ0n) is 19.0. The van der Waals surface area contributed by atoms with Gasteiger partial charge in [0, 0.05) is 15.6 Å². The first-order valence-corrected chi connectivity index (χ1v) is 13.1. The van der Waals surface area contributed by atoms with Gasteiger partial charge >= 0.3 is 11.9 Å². The summed E-state index contributed by atoms with van der Waals surface area (Å²) in [6.07, 6.45) is 9.31. The molecule has 0 N–H and O–H groups in total. The Hall–Kier alpha value is -2.26. The molecule has 0 aromatic heterocycles. The fraction of sp³-hybridized carbons (Fsp3) is 0.333. The van der Waals surface area contributed by atoms with Crippen molar-refractivity contribution in [3.05, 3.63) is 92.9 Å². The first-order chi connectivity index (χ1) is 17.0. The summed E-state index contributed by atoms with van der Waals surface area (Å²) in [4.78, 5) is 25.2. The Labute approximate surface area is 221 Å². The monoisotopic (exact) mass is 604 g/mol. The Morgan fingerprint density at radius 2 is 1.63 bits per heavy atom. The molecule has 0 amide bonds. The average molecular weight is 606 g/mol. The largest absolute Gasteiger partial charge is 0.458 e. The molecule has 2 aliphatic rings. The van der Waals surface area contributed by atoms with Crippen molar-refractivity contribution in [3.8, 4) is 0 Å². The van der Waals surface area contributed by atoms with Crippen LogP contribution in [0.2, 0.25) is 0 Å². The summed E-state index contributed by atoms with van der Waals surface area (Å²) in [7, 11) is 0. The number of hydrogen-bond donors (Lipinski definition) is 0. The molecule has 0 radical (unpaired) electrons. The van der Waals surface area contributed by atoms with Gasteiger partial charge in [0.05, 0.1) is 29.4 Å². The van der Waals surface area contributed by atoms with Gasteiger partial charge in [-0.05, 0) is 73.9 Å². The fourth-order valence-corrected chi connectivity index (χ4v) is 4.40. The van der Waals surface area contributed by atoms with Crippen LogP contribution in [0.1, 0.15) is 40.0 Å². The van der Waals surface area contributed by atoms with Gasteiger partial charge in [-0.25, -0.2) is 9.59 Å². The summed E-state index contributed by atoms with van der Waals surface area (Å²) in [5.41, 5.74) is 0.812. The van der Waals surface area contributed by atoms with E-state index in [1.165, 1.54) is 0 Å². The molecule has 6 nitrogen and oxygen atoms in total. The third kappa shape index (κ3) is 7.61. The molecule has 4 atom stereocenters. The van der Waals surface area contributed by atoms with Crippen molar-refractivity contribution in [2.75, 3.05) is 13.2 Å².